The van der Waals surface area contributed by atoms with Crippen LogP contribution in [0.2, 0.25) is 0 Å². The molecule has 1 N–H and O–H groups in total. The Balaban J connectivity index is 1.80. The van der Waals surface area contributed by atoms with Gasteiger partial charge >= 0.3 is 0 Å². The van der Waals surface area contributed by atoms with Gasteiger partial charge < -0.3 is 9.84 Å². The molecule has 0 bridgehead atoms. The van der Waals surface area contributed by atoms with Crippen molar-refractivity contribution in [3.63, 3.8) is 0 Å². The minimum absolute atomic E-state index is 0.111. The highest BCUT2D eigenvalue weighted by Crippen LogP contribution is 2.42. The number of ether oxygens (including phenoxy) is 1. The molecule has 0 heterocycles. The summed E-state index contributed by atoms with van der Waals surface area (Å²) in [6.07, 6.45) is 5.46. The lowest BCUT2D eigenvalue weighted by Crippen LogP contribution is -2.50. The lowest BCUT2D eigenvalue weighted by molar-refractivity contribution is -0.143. The van der Waals surface area contributed by atoms with Crippen LogP contribution in [0.15, 0.2) is 73.3 Å². The molecule has 2 aromatic rings. The molecule has 0 unspecified atom stereocenters. The SMILES string of the molecule is C=C[C@@H](c1ccccc1)[C@]1(O)CCCC[C@H]1OCc1ccccc1. The van der Waals surface area contributed by atoms with Gasteiger partial charge in [0.2, 0.25) is 0 Å². The van der Waals surface area contributed by atoms with E-state index in [9.17, 15) is 5.11 Å². The van der Waals surface area contributed by atoms with Gasteiger partial charge in [-0.1, -0.05) is 79.6 Å². The third kappa shape index (κ3) is 3.61. The Morgan fingerprint density at radius 2 is 1.75 bits per heavy atom. The van der Waals surface area contributed by atoms with Crippen LogP contribution in [0.3, 0.4) is 0 Å². The van der Waals surface area contributed by atoms with Crippen molar-refractivity contribution in [3.05, 3.63) is 84.4 Å². The summed E-state index contributed by atoms with van der Waals surface area (Å²) in [4.78, 5) is 0. The van der Waals surface area contributed by atoms with E-state index in [2.05, 4.69) is 30.8 Å². The first kappa shape index (κ1) is 16.9. The summed E-state index contributed by atoms with van der Waals surface area (Å²) in [5, 5.41) is 11.5. The molecule has 1 fully saturated rings. The van der Waals surface area contributed by atoms with Gasteiger partial charge in [-0.2, -0.15) is 0 Å². The normalized spacial score (nSPS) is 25.1. The summed E-state index contributed by atoms with van der Waals surface area (Å²) >= 11 is 0. The van der Waals surface area contributed by atoms with Gasteiger partial charge in [-0.3, -0.25) is 0 Å². The van der Waals surface area contributed by atoms with Crippen LogP contribution in [0.4, 0.5) is 0 Å². The van der Waals surface area contributed by atoms with Gasteiger partial charge in [-0.15, -0.1) is 6.58 Å². The fourth-order valence-corrected chi connectivity index (χ4v) is 3.79. The molecular weight excluding hydrogens is 296 g/mol. The summed E-state index contributed by atoms with van der Waals surface area (Å²) < 4.78 is 6.19. The molecule has 0 aromatic heterocycles. The topological polar surface area (TPSA) is 29.5 Å². The third-order valence-corrected chi connectivity index (χ3v) is 5.08. The first-order valence-corrected chi connectivity index (χ1v) is 8.79. The van der Waals surface area contributed by atoms with Crippen LogP contribution in [0.1, 0.15) is 42.7 Å². The maximum atomic E-state index is 11.5. The third-order valence-electron chi connectivity index (χ3n) is 5.08. The van der Waals surface area contributed by atoms with Crippen molar-refractivity contribution in [2.24, 2.45) is 0 Å². The fraction of sp³-hybridized carbons (Fsp3) is 0.364. The molecule has 126 valence electrons. The van der Waals surface area contributed by atoms with Crippen molar-refractivity contribution in [3.8, 4) is 0 Å². The maximum Gasteiger partial charge on any atom is 0.101 e. The molecule has 0 aliphatic heterocycles. The van der Waals surface area contributed by atoms with Gasteiger partial charge in [0.1, 0.15) is 5.60 Å². The van der Waals surface area contributed by atoms with Crippen molar-refractivity contribution < 1.29 is 9.84 Å². The summed E-state index contributed by atoms with van der Waals surface area (Å²) in [6, 6.07) is 20.3. The van der Waals surface area contributed by atoms with Gasteiger partial charge in [0.25, 0.3) is 0 Å². The summed E-state index contributed by atoms with van der Waals surface area (Å²) in [5.41, 5.74) is 1.35. The predicted octanol–water partition coefficient (Wildman–Crippen LogP) is 4.85. The molecule has 1 saturated carbocycles. The van der Waals surface area contributed by atoms with Crippen LogP contribution >= 0.6 is 0 Å². The molecule has 1 aliphatic rings. The lowest BCUT2D eigenvalue weighted by Gasteiger charge is -2.44. The number of hydrogen-bond acceptors (Lipinski definition) is 2. The summed E-state index contributed by atoms with van der Waals surface area (Å²) in [5.74, 6) is -0.111. The second-order valence-corrected chi connectivity index (χ2v) is 6.65. The average molecular weight is 322 g/mol. The second kappa shape index (κ2) is 7.78. The summed E-state index contributed by atoms with van der Waals surface area (Å²) in [7, 11) is 0. The van der Waals surface area contributed by atoms with Crippen LogP contribution in [0.5, 0.6) is 0 Å². The molecule has 0 amide bonds. The van der Waals surface area contributed by atoms with Gasteiger partial charge in [0, 0.05) is 5.92 Å². The Morgan fingerprint density at radius 3 is 2.42 bits per heavy atom. The Kier molecular flexibility index (Phi) is 5.49. The average Bonchev–Trinajstić information content (AvgIpc) is 2.63. The highest BCUT2D eigenvalue weighted by Gasteiger charge is 2.45. The van der Waals surface area contributed by atoms with Crippen molar-refractivity contribution in [2.45, 2.75) is 49.9 Å². The number of hydrogen-bond donors (Lipinski definition) is 1. The van der Waals surface area contributed by atoms with Crippen LogP contribution in [-0.4, -0.2) is 16.8 Å². The van der Waals surface area contributed by atoms with E-state index in [4.69, 9.17) is 4.74 Å². The van der Waals surface area contributed by atoms with Crippen LogP contribution in [-0.2, 0) is 11.3 Å². The zero-order valence-electron chi connectivity index (χ0n) is 14.1. The molecule has 2 heteroatoms. The van der Waals surface area contributed by atoms with E-state index < -0.39 is 5.60 Å². The molecule has 3 rings (SSSR count). The number of aliphatic hydroxyl groups is 1. The quantitative estimate of drug-likeness (QED) is 0.771. The fourth-order valence-electron chi connectivity index (χ4n) is 3.79. The van der Waals surface area contributed by atoms with Crippen LogP contribution < -0.4 is 0 Å². The molecule has 2 nitrogen and oxygen atoms in total. The van der Waals surface area contributed by atoms with E-state index in [1.807, 2.05) is 42.5 Å². The maximum absolute atomic E-state index is 11.5. The van der Waals surface area contributed by atoms with E-state index in [0.717, 1.165) is 36.8 Å². The monoisotopic (exact) mass is 322 g/mol. The minimum Gasteiger partial charge on any atom is -0.386 e. The molecule has 0 radical (unpaired) electrons. The van der Waals surface area contributed by atoms with E-state index in [1.54, 1.807) is 0 Å². The molecule has 0 saturated heterocycles. The van der Waals surface area contributed by atoms with Crippen LogP contribution in [0, 0.1) is 0 Å². The first-order chi connectivity index (χ1) is 11.7. The zero-order valence-corrected chi connectivity index (χ0v) is 14.1. The van der Waals surface area contributed by atoms with E-state index >= 15 is 0 Å². The molecular formula is C22H26O2. The number of rotatable bonds is 6. The predicted molar refractivity (Wildman–Crippen MR) is 97.8 cm³/mol. The van der Waals surface area contributed by atoms with E-state index in [0.29, 0.717) is 6.61 Å². The van der Waals surface area contributed by atoms with Gasteiger partial charge in [-0.25, -0.2) is 0 Å². The van der Waals surface area contributed by atoms with E-state index in [-0.39, 0.29) is 12.0 Å². The standard InChI is InChI=1S/C22H26O2/c1-2-20(19-13-7-4-8-14-19)22(23)16-10-9-15-21(22)24-17-18-11-5-3-6-12-18/h2-8,11-14,20-21,23H,1,9-10,15-17H2/t20-,21+,22+/m0/s1. The van der Waals surface area contributed by atoms with Crippen molar-refractivity contribution in [1.29, 1.82) is 0 Å². The Hall–Kier alpha value is -1.90. The molecule has 1 aliphatic carbocycles. The van der Waals surface area contributed by atoms with Crippen molar-refractivity contribution in [1.82, 2.24) is 0 Å². The van der Waals surface area contributed by atoms with Gasteiger partial charge in [0.05, 0.1) is 12.7 Å². The second-order valence-electron chi connectivity index (χ2n) is 6.65. The van der Waals surface area contributed by atoms with Gasteiger partial charge in [-0.05, 0) is 24.0 Å². The Labute approximate surface area is 144 Å². The largest absolute Gasteiger partial charge is 0.386 e. The minimum atomic E-state index is -0.893. The highest BCUT2D eigenvalue weighted by molar-refractivity contribution is 5.28. The lowest BCUT2D eigenvalue weighted by atomic mass is 9.71. The van der Waals surface area contributed by atoms with Crippen molar-refractivity contribution >= 4 is 0 Å². The van der Waals surface area contributed by atoms with Crippen LogP contribution in [0.25, 0.3) is 0 Å². The summed E-state index contributed by atoms with van der Waals surface area (Å²) in [6.45, 7) is 4.53. The van der Waals surface area contributed by atoms with Crippen molar-refractivity contribution in [2.75, 3.05) is 0 Å². The Morgan fingerprint density at radius 1 is 1.08 bits per heavy atom. The molecule has 0 spiro atoms. The smallest absolute Gasteiger partial charge is 0.101 e. The highest BCUT2D eigenvalue weighted by atomic mass is 16.5. The first-order valence-electron chi connectivity index (χ1n) is 8.79. The van der Waals surface area contributed by atoms with Gasteiger partial charge in [0.15, 0.2) is 0 Å². The molecule has 24 heavy (non-hydrogen) atoms. The number of benzene rings is 2. The molecule has 3 atom stereocenters. The van der Waals surface area contributed by atoms with E-state index in [1.165, 1.54) is 0 Å². The zero-order chi connectivity index (χ0) is 16.8. The Bertz CT molecular complexity index is 638. The molecule has 2 aromatic carbocycles.